The molecular formula is C11H12N3. The molecule has 0 aliphatic rings. The largest absolute Gasteiger partial charge is 0.384 e. The monoisotopic (exact) mass is 186 g/mol. The third-order valence-electron chi connectivity index (χ3n) is 2.32. The first-order chi connectivity index (χ1) is 6.72. The molecule has 1 aromatic heterocycles. The Balaban J connectivity index is 2.67. The smallest absolute Gasteiger partial charge is 0.122 e. The van der Waals surface area contributed by atoms with E-state index in [0.29, 0.717) is 0 Å². The number of hydrogen-bond acceptors (Lipinski definition) is 1. The third-order valence-corrected chi connectivity index (χ3v) is 2.32. The Bertz CT molecular complexity index is 482. The van der Waals surface area contributed by atoms with E-state index in [0.717, 1.165) is 23.0 Å². The van der Waals surface area contributed by atoms with Crippen LogP contribution in [0.2, 0.25) is 0 Å². The van der Waals surface area contributed by atoms with Crippen LogP contribution in [-0.4, -0.2) is 10.4 Å². The minimum atomic E-state index is 0.107. The summed E-state index contributed by atoms with van der Waals surface area (Å²) in [6, 6.07) is 7.70. The lowest BCUT2D eigenvalue weighted by Crippen LogP contribution is -2.10. The van der Waals surface area contributed by atoms with Gasteiger partial charge < -0.3 is 10.3 Å². The zero-order valence-corrected chi connectivity index (χ0v) is 8.04. The van der Waals surface area contributed by atoms with Crippen LogP contribution in [0.3, 0.4) is 0 Å². The highest BCUT2D eigenvalue weighted by atomic mass is 14.9. The van der Waals surface area contributed by atoms with Crippen molar-refractivity contribution in [2.45, 2.75) is 13.5 Å². The standard InChI is InChI=1S/C11H12N3/c1-2-14-6-5-8-3-4-9(11(12)13)7-10(8)14/h3-5,7H,2H2,1H3,(H3,12,13). The number of hydrogen-bond donors (Lipinski definition) is 2. The van der Waals surface area contributed by atoms with Crippen molar-refractivity contribution in [3.63, 3.8) is 0 Å². The van der Waals surface area contributed by atoms with Crippen molar-refractivity contribution in [1.82, 2.24) is 4.57 Å². The number of aryl methyl sites for hydroxylation is 1. The van der Waals surface area contributed by atoms with Crippen molar-refractivity contribution < 1.29 is 0 Å². The van der Waals surface area contributed by atoms with Crippen LogP contribution in [0.5, 0.6) is 0 Å². The maximum Gasteiger partial charge on any atom is 0.122 e. The van der Waals surface area contributed by atoms with E-state index in [1.54, 1.807) is 0 Å². The number of rotatable bonds is 2. The van der Waals surface area contributed by atoms with Crippen molar-refractivity contribution in [3.8, 4) is 0 Å². The van der Waals surface area contributed by atoms with E-state index < -0.39 is 0 Å². The maximum absolute atomic E-state index is 7.35. The molecular weight excluding hydrogens is 174 g/mol. The summed E-state index contributed by atoms with van der Waals surface area (Å²) in [5.41, 5.74) is 7.28. The lowest BCUT2D eigenvalue weighted by Gasteiger charge is -2.02. The molecule has 0 fully saturated rings. The van der Waals surface area contributed by atoms with Crippen molar-refractivity contribution >= 4 is 16.7 Å². The fourth-order valence-electron chi connectivity index (χ4n) is 1.55. The van der Waals surface area contributed by atoms with Gasteiger partial charge in [0.25, 0.3) is 0 Å². The van der Waals surface area contributed by atoms with Crippen LogP contribution in [0, 0.1) is 11.6 Å². The molecule has 3 heteroatoms. The maximum atomic E-state index is 7.35. The third kappa shape index (κ3) is 1.27. The predicted octanol–water partition coefficient (Wildman–Crippen LogP) is 1.75. The lowest BCUT2D eigenvalue weighted by atomic mass is 10.1. The average Bonchev–Trinajstić information content (AvgIpc) is 2.59. The van der Waals surface area contributed by atoms with Gasteiger partial charge in [0.1, 0.15) is 5.84 Å². The zero-order chi connectivity index (χ0) is 10.1. The van der Waals surface area contributed by atoms with Crippen molar-refractivity contribution in [2.75, 3.05) is 0 Å². The Kier molecular flexibility index (Phi) is 2.00. The highest BCUT2D eigenvalue weighted by Gasteiger charge is 2.02. The van der Waals surface area contributed by atoms with E-state index in [1.807, 2.05) is 28.8 Å². The van der Waals surface area contributed by atoms with Gasteiger partial charge in [-0.25, -0.2) is 0 Å². The van der Waals surface area contributed by atoms with Crippen molar-refractivity contribution in [1.29, 1.82) is 5.41 Å². The average molecular weight is 186 g/mol. The molecule has 1 heterocycles. The van der Waals surface area contributed by atoms with Gasteiger partial charge in [0.15, 0.2) is 0 Å². The number of fused-ring (bicyclic) bond motifs is 1. The highest BCUT2D eigenvalue weighted by molar-refractivity contribution is 5.98. The Morgan fingerprint density at radius 1 is 1.57 bits per heavy atom. The fraction of sp³-hybridized carbons (Fsp3) is 0.182. The number of aromatic nitrogens is 1. The van der Waals surface area contributed by atoms with Crippen LogP contribution < -0.4 is 5.73 Å². The molecule has 0 unspecified atom stereocenters. The van der Waals surface area contributed by atoms with E-state index in [2.05, 4.69) is 13.1 Å². The van der Waals surface area contributed by atoms with Crippen LogP contribution in [-0.2, 0) is 6.54 Å². The van der Waals surface area contributed by atoms with Gasteiger partial charge in [-0.15, -0.1) is 0 Å². The summed E-state index contributed by atoms with van der Waals surface area (Å²) >= 11 is 0. The van der Waals surface area contributed by atoms with E-state index >= 15 is 0 Å². The van der Waals surface area contributed by atoms with Gasteiger partial charge in [-0.2, -0.15) is 0 Å². The summed E-state index contributed by atoms with van der Waals surface area (Å²) in [6.45, 7) is 2.95. The summed E-state index contributed by atoms with van der Waals surface area (Å²) < 4.78 is 2.02. The van der Waals surface area contributed by atoms with E-state index in [4.69, 9.17) is 11.1 Å². The van der Waals surface area contributed by atoms with E-state index in [9.17, 15) is 0 Å². The molecule has 0 aliphatic heterocycles. The summed E-state index contributed by atoms with van der Waals surface area (Å²) in [4.78, 5) is 0. The number of nitrogens with one attached hydrogen (secondary N) is 1. The molecule has 0 atom stereocenters. The Morgan fingerprint density at radius 2 is 2.36 bits per heavy atom. The second-order valence-corrected chi connectivity index (χ2v) is 3.20. The summed E-state index contributed by atoms with van der Waals surface area (Å²) in [6.07, 6.45) is 3.13. The second-order valence-electron chi connectivity index (χ2n) is 3.20. The van der Waals surface area contributed by atoms with Crippen LogP contribution in [0.4, 0.5) is 0 Å². The van der Waals surface area contributed by atoms with Crippen LogP contribution >= 0.6 is 0 Å². The van der Waals surface area contributed by atoms with Crippen LogP contribution in [0.25, 0.3) is 10.9 Å². The highest BCUT2D eigenvalue weighted by Crippen LogP contribution is 2.16. The summed E-state index contributed by atoms with van der Waals surface area (Å²) in [5, 5.41) is 8.49. The topological polar surface area (TPSA) is 54.8 Å². The molecule has 0 aliphatic carbocycles. The molecule has 14 heavy (non-hydrogen) atoms. The van der Waals surface area contributed by atoms with Gasteiger partial charge in [-0.3, -0.25) is 5.41 Å². The molecule has 2 rings (SSSR count). The number of nitrogens with two attached hydrogens (primary N) is 1. The van der Waals surface area contributed by atoms with Gasteiger partial charge in [-0.05, 0) is 19.1 Å². The van der Waals surface area contributed by atoms with Crippen molar-refractivity contribution in [3.05, 3.63) is 36.0 Å². The minimum Gasteiger partial charge on any atom is -0.384 e. The Morgan fingerprint density at radius 3 is 3.00 bits per heavy atom. The molecule has 1 radical (unpaired) electrons. The minimum absolute atomic E-state index is 0.107. The molecule has 0 spiro atoms. The molecule has 3 N–H and O–H groups in total. The normalized spacial score (nSPS) is 10.6. The summed E-state index contributed by atoms with van der Waals surface area (Å²) in [7, 11) is 0. The van der Waals surface area contributed by atoms with Gasteiger partial charge in [0, 0.05) is 23.0 Å². The quantitative estimate of drug-likeness (QED) is 0.544. The van der Waals surface area contributed by atoms with Gasteiger partial charge in [0.2, 0.25) is 0 Å². The molecule has 1 aromatic carbocycles. The Hall–Kier alpha value is -1.77. The Labute approximate surface area is 82.7 Å². The molecule has 0 amide bonds. The molecule has 71 valence electrons. The zero-order valence-electron chi connectivity index (χ0n) is 8.04. The lowest BCUT2D eigenvalue weighted by molar-refractivity contribution is 0.791. The van der Waals surface area contributed by atoms with Gasteiger partial charge >= 0.3 is 0 Å². The number of nitrogens with zero attached hydrogens (tertiary/aromatic N) is 1. The van der Waals surface area contributed by atoms with Crippen LogP contribution in [0.1, 0.15) is 12.5 Å². The molecule has 0 saturated heterocycles. The van der Waals surface area contributed by atoms with E-state index in [-0.39, 0.29) is 5.84 Å². The molecule has 0 bridgehead atoms. The number of benzene rings is 1. The van der Waals surface area contributed by atoms with Gasteiger partial charge in [0.05, 0.1) is 6.20 Å². The number of amidine groups is 1. The molecule has 3 nitrogen and oxygen atoms in total. The van der Waals surface area contributed by atoms with Crippen LogP contribution in [0.15, 0.2) is 24.3 Å². The van der Waals surface area contributed by atoms with Gasteiger partial charge in [-0.1, -0.05) is 12.1 Å². The first-order valence-corrected chi connectivity index (χ1v) is 4.57. The predicted molar refractivity (Wildman–Crippen MR) is 57.5 cm³/mol. The fourth-order valence-corrected chi connectivity index (χ4v) is 1.55. The molecule has 0 saturated carbocycles. The molecule has 2 aromatic rings. The van der Waals surface area contributed by atoms with E-state index in [1.165, 1.54) is 0 Å². The summed E-state index contributed by atoms with van der Waals surface area (Å²) in [5.74, 6) is 0.107. The second kappa shape index (κ2) is 3.18. The first-order valence-electron chi connectivity index (χ1n) is 4.57. The SMILES string of the molecule is CCn1[c]cc2ccc(C(=N)N)cc21. The first kappa shape index (κ1) is 8.81. The number of nitrogen functional groups attached to an aromatic ring is 1. The van der Waals surface area contributed by atoms with Crippen molar-refractivity contribution in [2.24, 2.45) is 5.73 Å².